The number of rotatable bonds is 8. The van der Waals surface area contributed by atoms with Gasteiger partial charge in [0.15, 0.2) is 0 Å². The smallest absolute Gasteiger partial charge is 0.249 e. The molecule has 1 aromatic carbocycles. The zero-order chi connectivity index (χ0) is 20.6. The standard InChI is InChI=1S/C22H32N4O3/c1-2-3-4-5-6-21(28)26-15-13-25(14-16-26)18-9-7-17(8-10-18)23-19-11-12-20(27)24-22(19)29/h7-10,19,23H,2-6,11-16H2,1H3,(H,24,27,29). The zero-order valence-corrected chi connectivity index (χ0v) is 17.3. The van der Waals surface area contributed by atoms with Gasteiger partial charge in [0, 0.05) is 50.4 Å². The van der Waals surface area contributed by atoms with E-state index in [2.05, 4.69) is 22.5 Å². The van der Waals surface area contributed by atoms with Crippen LogP contribution in [0.15, 0.2) is 24.3 Å². The number of hydrogen-bond acceptors (Lipinski definition) is 5. The molecule has 7 heteroatoms. The highest BCUT2D eigenvalue weighted by Crippen LogP contribution is 2.21. The van der Waals surface area contributed by atoms with Crippen molar-refractivity contribution >= 4 is 29.1 Å². The van der Waals surface area contributed by atoms with Crippen molar-refractivity contribution in [3.05, 3.63) is 24.3 Å². The number of piperazine rings is 1. The Balaban J connectivity index is 1.44. The molecule has 29 heavy (non-hydrogen) atoms. The van der Waals surface area contributed by atoms with Gasteiger partial charge < -0.3 is 15.1 Å². The second-order valence-electron chi connectivity index (χ2n) is 7.87. The molecule has 2 N–H and O–H groups in total. The molecule has 0 radical (unpaired) electrons. The summed E-state index contributed by atoms with van der Waals surface area (Å²) < 4.78 is 0. The Morgan fingerprint density at radius 2 is 1.79 bits per heavy atom. The lowest BCUT2D eigenvalue weighted by atomic mass is 10.1. The first kappa shape index (κ1) is 21.1. The minimum Gasteiger partial charge on any atom is -0.374 e. The van der Waals surface area contributed by atoms with Gasteiger partial charge in [0.2, 0.25) is 17.7 Å². The van der Waals surface area contributed by atoms with E-state index in [1.165, 1.54) is 12.8 Å². The molecule has 0 aromatic heterocycles. The summed E-state index contributed by atoms with van der Waals surface area (Å²) in [5.74, 6) is -0.188. The molecule has 2 fully saturated rings. The molecule has 2 heterocycles. The minimum absolute atomic E-state index is 0.206. The number of benzene rings is 1. The van der Waals surface area contributed by atoms with E-state index in [9.17, 15) is 14.4 Å². The van der Waals surface area contributed by atoms with Gasteiger partial charge in [0.05, 0.1) is 0 Å². The lowest BCUT2D eigenvalue weighted by Crippen LogP contribution is -2.48. The summed E-state index contributed by atoms with van der Waals surface area (Å²) >= 11 is 0. The Morgan fingerprint density at radius 3 is 2.45 bits per heavy atom. The van der Waals surface area contributed by atoms with Crippen molar-refractivity contribution in [1.29, 1.82) is 0 Å². The summed E-state index contributed by atoms with van der Waals surface area (Å²) in [6.45, 7) is 5.38. The first-order chi connectivity index (χ1) is 14.1. The highest BCUT2D eigenvalue weighted by atomic mass is 16.2. The highest BCUT2D eigenvalue weighted by molar-refractivity contribution is 6.01. The van der Waals surface area contributed by atoms with Crippen molar-refractivity contribution in [2.24, 2.45) is 0 Å². The average Bonchev–Trinajstić information content (AvgIpc) is 2.74. The molecular weight excluding hydrogens is 368 g/mol. The molecule has 0 spiro atoms. The third kappa shape index (κ3) is 5.95. The number of carbonyl (C=O) groups excluding carboxylic acids is 3. The maximum atomic E-state index is 12.3. The number of carbonyl (C=O) groups is 3. The summed E-state index contributed by atoms with van der Waals surface area (Å²) in [4.78, 5) is 39.7. The highest BCUT2D eigenvalue weighted by Gasteiger charge is 2.26. The fraction of sp³-hybridized carbons (Fsp3) is 0.591. The van der Waals surface area contributed by atoms with E-state index in [1.54, 1.807) is 0 Å². The summed E-state index contributed by atoms with van der Waals surface area (Å²) in [7, 11) is 0. The number of anilines is 2. The van der Waals surface area contributed by atoms with Gasteiger partial charge in [-0.05, 0) is 37.1 Å². The number of nitrogens with one attached hydrogen (secondary N) is 2. The van der Waals surface area contributed by atoms with Crippen molar-refractivity contribution < 1.29 is 14.4 Å². The second-order valence-corrected chi connectivity index (χ2v) is 7.87. The Kier molecular flexibility index (Phi) is 7.49. The molecule has 7 nitrogen and oxygen atoms in total. The Labute approximate surface area is 172 Å². The Hall–Kier alpha value is -2.57. The van der Waals surface area contributed by atoms with E-state index in [4.69, 9.17) is 0 Å². The van der Waals surface area contributed by atoms with Gasteiger partial charge in [-0.25, -0.2) is 0 Å². The molecule has 2 saturated heterocycles. The summed E-state index contributed by atoms with van der Waals surface area (Å²) in [5, 5.41) is 5.56. The van der Waals surface area contributed by atoms with Crippen molar-refractivity contribution in [3.63, 3.8) is 0 Å². The SMILES string of the molecule is CCCCCCC(=O)N1CCN(c2ccc(NC3CCC(=O)NC3=O)cc2)CC1. The maximum Gasteiger partial charge on any atom is 0.249 e. The molecule has 0 saturated carbocycles. The van der Waals surface area contributed by atoms with Crippen molar-refractivity contribution in [1.82, 2.24) is 10.2 Å². The molecule has 3 rings (SSSR count). The summed E-state index contributed by atoms with van der Waals surface area (Å²) in [6, 6.07) is 7.63. The average molecular weight is 401 g/mol. The van der Waals surface area contributed by atoms with Crippen LogP contribution in [0.5, 0.6) is 0 Å². The van der Waals surface area contributed by atoms with Crippen molar-refractivity contribution in [3.8, 4) is 0 Å². The van der Waals surface area contributed by atoms with Gasteiger partial charge in [0.25, 0.3) is 0 Å². The number of amides is 3. The number of imide groups is 1. The minimum atomic E-state index is -0.370. The molecule has 158 valence electrons. The Morgan fingerprint density at radius 1 is 1.07 bits per heavy atom. The number of unbranched alkanes of at least 4 members (excludes halogenated alkanes) is 3. The van der Waals surface area contributed by atoms with Gasteiger partial charge in [-0.2, -0.15) is 0 Å². The lowest BCUT2D eigenvalue weighted by Gasteiger charge is -2.36. The van der Waals surface area contributed by atoms with E-state index in [-0.39, 0.29) is 23.8 Å². The predicted octanol–water partition coefficient (Wildman–Crippen LogP) is 2.52. The van der Waals surface area contributed by atoms with E-state index < -0.39 is 0 Å². The van der Waals surface area contributed by atoms with E-state index >= 15 is 0 Å². The predicted molar refractivity (Wildman–Crippen MR) is 114 cm³/mol. The van der Waals surface area contributed by atoms with Crippen LogP contribution in [-0.2, 0) is 14.4 Å². The molecule has 0 bridgehead atoms. The monoisotopic (exact) mass is 400 g/mol. The van der Waals surface area contributed by atoms with Gasteiger partial charge in [-0.3, -0.25) is 19.7 Å². The first-order valence-electron chi connectivity index (χ1n) is 10.8. The van der Waals surface area contributed by atoms with Crippen LogP contribution in [0.2, 0.25) is 0 Å². The molecule has 0 aliphatic carbocycles. The molecule has 2 aliphatic heterocycles. The van der Waals surface area contributed by atoms with Crippen LogP contribution in [0, 0.1) is 0 Å². The van der Waals surface area contributed by atoms with Crippen LogP contribution < -0.4 is 15.5 Å². The van der Waals surface area contributed by atoms with Gasteiger partial charge in [-0.15, -0.1) is 0 Å². The van der Waals surface area contributed by atoms with E-state index in [0.29, 0.717) is 19.3 Å². The number of piperidine rings is 1. The molecular formula is C22H32N4O3. The fourth-order valence-electron chi connectivity index (χ4n) is 3.88. The zero-order valence-electron chi connectivity index (χ0n) is 17.3. The lowest BCUT2D eigenvalue weighted by molar-refractivity contribution is -0.134. The molecule has 1 unspecified atom stereocenters. The molecule has 2 aliphatic rings. The van der Waals surface area contributed by atoms with Crippen LogP contribution >= 0.6 is 0 Å². The molecule has 3 amide bonds. The summed E-state index contributed by atoms with van der Waals surface area (Å²) in [6.07, 6.45) is 6.07. The van der Waals surface area contributed by atoms with Gasteiger partial charge in [-0.1, -0.05) is 26.2 Å². The van der Waals surface area contributed by atoms with Crippen LogP contribution in [0.4, 0.5) is 11.4 Å². The molecule has 1 atom stereocenters. The third-order valence-electron chi connectivity index (χ3n) is 5.69. The number of hydrogen-bond donors (Lipinski definition) is 2. The van der Waals surface area contributed by atoms with Crippen LogP contribution in [0.25, 0.3) is 0 Å². The van der Waals surface area contributed by atoms with E-state index in [1.807, 2.05) is 29.2 Å². The molecule has 1 aromatic rings. The first-order valence-corrected chi connectivity index (χ1v) is 10.8. The quantitative estimate of drug-likeness (QED) is 0.518. The largest absolute Gasteiger partial charge is 0.374 e. The Bertz CT molecular complexity index is 711. The normalized spacial score (nSPS) is 19.8. The van der Waals surface area contributed by atoms with Gasteiger partial charge >= 0.3 is 0 Å². The second kappa shape index (κ2) is 10.3. The third-order valence-corrected chi connectivity index (χ3v) is 5.69. The van der Waals surface area contributed by atoms with Crippen LogP contribution in [-0.4, -0.2) is 54.8 Å². The van der Waals surface area contributed by atoms with E-state index in [0.717, 1.165) is 50.4 Å². The number of nitrogens with zero attached hydrogens (tertiary/aromatic N) is 2. The van der Waals surface area contributed by atoms with Crippen LogP contribution in [0.1, 0.15) is 51.9 Å². The maximum absolute atomic E-state index is 12.3. The van der Waals surface area contributed by atoms with Crippen molar-refractivity contribution in [2.75, 3.05) is 36.4 Å². The van der Waals surface area contributed by atoms with Crippen LogP contribution in [0.3, 0.4) is 0 Å². The van der Waals surface area contributed by atoms with Crippen molar-refractivity contribution in [2.45, 2.75) is 57.9 Å². The van der Waals surface area contributed by atoms with Gasteiger partial charge in [0.1, 0.15) is 6.04 Å². The topological polar surface area (TPSA) is 81.8 Å². The fourth-order valence-corrected chi connectivity index (χ4v) is 3.88. The summed E-state index contributed by atoms with van der Waals surface area (Å²) in [5.41, 5.74) is 1.98.